The van der Waals surface area contributed by atoms with Crippen molar-refractivity contribution >= 4 is 51.3 Å². The summed E-state index contributed by atoms with van der Waals surface area (Å²) in [7, 11) is 0. The Labute approximate surface area is 173 Å². The van der Waals surface area contributed by atoms with Gasteiger partial charge in [0.1, 0.15) is 10.4 Å². The minimum atomic E-state index is -0.702. The number of hydrogen-bond donors (Lipinski definition) is 2. The first-order valence-corrected chi connectivity index (χ1v) is 9.53. The molecule has 0 saturated heterocycles. The number of benzene rings is 2. The number of non-ortho nitro benzene ring substituents is 1. The molecule has 3 rings (SSSR count). The van der Waals surface area contributed by atoms with Gasteiger partial charge in [-0.1, -0.05) is 17.4 Å². The summed E-state index contributed by atoms with van der Waals surface area (Å²) in [6, 6.07) is 12.3. The predicted octanol–water partition coefficient (Wildman–Crippen LogP) is 3.93. The second-order valence-corrected chi connectivity index (χ2v) is 7.49. The van der Waals surface area contributed by atoms with Crippen LogP contribution < -0.4 is 10.6 Å². The van der Waals surface area contributed by atoms with Crippen LogP contribution in [0.15, 0.2) is 48.5 Å². The topological polar surface area (TPSA) is 127 Å². The average molecular weight is 432 g/mol. The maximum Gasteiger partial charge on any atom is 0.269 e. The molecule has 0 saturated carbocycles. The number of nitrogens with zero attached hydrogens (tertiary/aromatic N) is 3. The summed E-state index contributed by atoms with van der Waals surface area (Å²) in [5.41, 5.74) is 1.38. The highest BCUT2D eigenvalue weighted by Gasteiger charge is 2.14. The molecular formula is C18H14ClN5O4S. The molecule has 0 unspecified atom stereocenters. The fourth-order valence-corrected chi connectivity index (χ4v) is 3.06. The van der Waals surface area contributed by atoms with Crippen molar-refractivity contribution in [3.63, 3.8) is 0 Å². The van der Waals surface area contributed by atoms with Crippen molar-refractivity contribution in [1.29, 1.82) is 0 Å². The van der Waals surface area contributed by atoms with E-state index in [2.05, 4.69) is 20.8 Å². The van der Waals surface area contributed by atoms with Crippen molar-refractivity contribution < 1.29 is 14.5 Å². The number of alkyl halides is 1. The molecule has 2 N–H and O–H groups in total. The largest absolute Gasteiger partial charge is 0.325 e. The molecule has 0 fully saturated rings. The molecule has 1 aromatic heterocycles. The third kappa shape index (κ3) is 5.12. The standard InChI is InChI=1S/C18H14ClN5O4S/c1-10(19)15(25)20-13-4-2-3-12(9-13)16(26)21-18-23-22-17(29-18)11-5-7-14(8-6-11)24(27)28/h2-10H,1H3,(H,20,25)(H,21,23,26)/t10-/m1/s1. The van der Waals surface area contributed by atoms with Crippen LogP contribution in [-0.2, 0) is 4.79 Å². The summed E-state index contributed by atoms with van der Waals surface area (Å²) >= 11 is 6.86. The zero-order valence-electron chi connectivity index (χ0n) is 15.0. The number of halogens is 1. The molecule has 0 aliphatic heterocycles. The Morgan fingerprint density at radius 1 is 1.14 bits per heavy atom. The van der Waals surface area contributed by atoms with Gasteiger partial charge in [0.25, 0.3) is 11.6 Å². The van der Waals surface area contributed by atoms with Crippen LogP contribution in [0.3, 0.4) is 0 Å². The highest BCUT2D eigenvalue weighted by atomic mass is 35.5. The van der Waals surface area contributed by atoms with Gasteiger partial charge in [0.05, 0.1) is 4.92 Å². The van der Waals surface area contributed by atoms with Crippen LogP contribution in [0.1, 0.15) is 17.3 Å². The summed E-state index contributed by atoms with van der Waals surface area (Å²) in [6.07, 6.45) is 0. The predicted molar refractivity (Wildman–Crippen MR) is 110 cm³/mol. The number of nitrogens with one attached hydrogen (secondary N) is 2. The number of anilines is 2. The number of aromatic nitrogens is 2. The molecule has 148 valence electrons. The number of hydrogen-bond acceptors (Lipinski definition) is 7. The molecule has 0 aliphatic rings. The monoisotopic (exact) mass is 431 g/mol. The second kappa shape index (κ2) is 8.76. The van der Waals surface area contributed by atoms with Crippen molar-refractivity contribution in [1.82, 2.24) is 10.2 Å². The van der Waals surface area contributed by atoms with Crippen LogP contribution in [0.4, 0.5) is 16.5 Å². The lowest BCUT2D eigenvalue weighted by Crippen LogP contribution is -2.20. The molecule has 9 nitrogen and oxygen atoms in total. The van der Waals surface area contributed by atoms with Crippen molar-refractivity contribution in [2.75, 3.05) is 10.6 Å². The Morgan fingerprint density at radius 2 is 1.86 bits per heavy atom. The van der Waals surface area contributed by atoms with Crippen molar-refractivity contribution in [3.05, 3.63) is 64.2 Å². The van der Waals surface area contributed by atoms with Gasteiger partial charge in [0, 0.05) is 28.9 Å². The molecule has 3 aromatic rings. The summed E-state index contributed by atoms with van der Waals surface area (Å²) in [6.45, 7) is 1.55. The zero-order chi connectivity index (χ0) is 21.0. The van der Waals surface area contributed by atoms with Gasteiger partial charge in [0.15, 0.2) is 0 Å². The van der Waals surface area contributed by atoms with E-state index in [9.17, 15) is 19.7 Å². The van der Waals surface area contributed by atoms with E-state index >= 15 is 0 Å². The summed E-state index contributed by atoms with van der Waals surface area (Å²) in [5, 5.41) is 24.0. The van der Waals surface area contributed by atoms with Gasteiger partial charge in [-0.2, -0.15) is 0 Å². The van der Waals surface area contributed by atoms with E-state index in [1.54, 1.807) is 37.3 Å². The number of nitro benzene ring substituents is 1. The minimum Gasteiger partial charge on any atom is -0.325 e. The average Bonchev–Trinajstić information content (AvgIpc) is 3.16. The van der Waals surface area contributed by atoms with Gasteiger partial charge in [-0.3, -0.25) is 25.0 Å². The van der Waals surface area contributed by atoms with Crippen LogP contribution in [0.2, 0.25) is 0 Å². The fourth-order valence-electron chi connectivity index (χ4n) is 2.27. The Bertz CT molecular complexity index is 1070. The molecule has 1 atom stereocenters. The van der Waals surface area contributed by atoms with E-state index in [4.69, 9.17) is 11.6 Å². The van der Waals surface area contributed by atoms with Gasteiger partial charge in [-0.25, -0.2) is 0 Å². The van der Waals surface area contributed by atoms with Crippen LogP contribution in [0, 0.1) is 10.1 Å². The number of carbonyl (C=O) groups is 2. The fraction of sp³-hybridized carbons (Fsp3) is 0.111. The second-order valence-electron chi connectivity index (χ2n) is 5.86. The lowest BCUT2D eigenvalue weighted by Gasteiger charge is -2.08. The van der Waals surface area contributed by atoms with Gasteiger partial charge in [-0.05, 0) is 37.3 Å². The van der Waals surface area contributed by atoms with Crippen LogP contribution in [0.25, 0.3) is 10.6 Å². The molecule has 2 aromatic carbocycles. The lowest BCUT2D eigenvalue weighted by atomic mass is 10.2. The first-order chi connectivity index (χ1) is 13.8. The molecule has 11 heteroatoms. The van der Waals surface area contributed by atoms with E-state index in [0.29, 0.717) is 21.8 Å². The van der Waals surface area contributed by atoms with Crippen LogP contribution in [0.5, 0.6) is 0 Å². The number of carbonyl (C=O) groups excluding carboxylic acids is 2. The van der Waals surface area contributed by atoms with Gasteiger partial charge in [-0.15, -0.1) is 21.8 Å². The Balaban J connectivity index is 1.70. The first-order valence-electron chi connectivity index (χ1n) is 8.28. The molecule has 0 aliphatic carbocycles. The molecule has 0 radical (unpaired) electrons. The van der Waals surface area contributed by atoms with Gasteiger partial charge in [0.2, 0.25) is 11.0 Å². The molecule has 2 amide bonds. The summed E-state index contributed by atoms with van der Waals surface area (Å²) < 4.78 is 0. The van der Waals surface area contributed by atoms with Gasteiger partial charge < -0.3 is 5.32 Å². The van der Waals surface area contributed by atoms with E-state index in [1.807, 2.05) is 0 Å². The maximum atomic E-state index is 12.5. The normalized spacial score (nSPS) is 11.5. The highest BCUT2D eigenvalue weighted by molar-refractivity contribution is 7.18. The SMILES string of the molecule is C[C@@H](Cl)C(=O)Nc1cccc(C(=O)Nc2nnc(-c3ccc([N+](=O)[O-])cc3)s2)c1. The number of rotatable bonds is 6. The summed E-state index contributed by atoms with van der Waals surface area (Å²) in [5.74, 6) is -0.799. The molecule has 0 bridgehead atoms. The number of nitro groups is 1. The molecule has 29 heavy (non-hydrogen) atoms. The zero-order valence-corrected chi connectivity index (χ0v) is 16.5. The smallest absolute Gasteiger partial charge is 0.269 e. The van der Waals surface area contributed by atoms with E-state index in [0.717, 1.165) is 11.3 Å². The quantitative estimate of drug-likeness (QED) is 0.346. The Morgan fingerprint density at radius 3 is 2.52 bits per heavy atom. The van der Waals surface area contributed by atoms with Crippen molar-refractivity contribution in [3.8, 4) is 10.6 Å². The van der Waals surface area contributed by atoms with E-state index in [-0.39, 0.29) is 16.7 Å². The molecule has 1 heterocycles. The van der Waals surface area contributed by atoms with Crippen molar-refractivity contribution in [2.45, 2.75) is 12.3 Å². The van der Waals surface area contributed by atoms with Gasteiger partial charge >= 0.3 is 0 Å². The van der Waals surface area contributed by atoms with Crippen LogP contribution in [-0.4, -0.2) is 32.3 Å². The summed E-state index contributed by atoms with van der Waals surface area (Å²) in [4.78, 5) is 34.4. The molecule has 0 spiro atoms. The Hall–Kier alpha value is -3.37. The highest BCUT2D eigenvalue weighted by Crippen LogP contribution is 2.28. The van der Waals surface area contributed by atoms with Crippen molar-refractivity contribution in [2.24, 2.45) is 0 Å². The third-order valence-electron chi connectivity index (χ3n) is 3.72. The minimum absolute atomic E-state index is 0.0256. The molecular weight excluding hydrogens is 418 g/mol. The Kier molecular flexibility index (Phi) is 6.15. The number of amides is 2. The van der Waals surface area contributed by atoms with Crippen LogP contribution >= 0.6 is 22.9 Å². The third-order valence-corrected chi connectivity index (χ3v) is 4.81. The lowest BCUT2D eigenvalue weighted by molar-refractivity contribution is -0.384. The maximum absolute atomic E-state index is 12.5. The van der Waals surface area contributed by atoms with E-state index in [1.165, 1.54) is 18.2 Å². The first kappa shape index (κ1) is 20.4. The van der Waals surface area contributed by atoms with E-state index < -0.39 is 16.2 Å².